The molecule has 28 heavy (non-hydrogen) atoms. The molecular formula is C21H23N3O4. The number of aryl methyl sites for hydroxylation is 2. The van der Waals surface area contributed by atoms with Crippen LogP contribution in [0, 0.1) is 0 Å². The Labute approximate surface area is 161 Å². The van der Waals surface area contributed by atoms with Gasteiger partial charge in [0.05, 0.1) is 5.69 Å². The zero-order valence-electron chi connectivity index (χ0n) is 15.9. The number of fused-ring (bicyclic) bond motifs is 5. The van der Waals surface area contributed by atoms with E-state index < -0.39 is 22.8 Å². The number of nitrogens with zero attached hydrogens (tertiary/aromatic N) is 1. The molecule has 0 radical (unpaired) electrons. The van der Waals surface area contributed by atoms with Gasteiger partial charge in [0.15, 0.2) is 5.56 Å². The number of aromatic carboxylic acids is 1. The number of hydrogen-bond acceptors (Lipinski definition) is 4. The standard InChI is InChI=1S/C21H23N3O4/c1-3-22-10-11-9-15-12-5-4-6-14-18(13(12)7-8-16(15)24(11)2)23-20(26)17(19(14)25)21(27)28/h7-9,22H,3-6,10H2,1-2H3,(H,27,28)(H2,23,25,26). The maximum Gasteiger partial charge on any atom is 0.345 e. The van der Waals surface area contributed by atoms with Crippen LogP contribution in [0.5, 0.6) is 5.75 Å². The highest BCUT2D eigenvalue weighted by molar-refractivity contribution is 5.94. The maximum absolute atomic E-state index is 12.3. The molecule has 1 aliphatic carbocycles. The summed E-state index contributed by atoms with van der Waals surface area (Å²) < 4.78 is 2.16. The van der Waals surface area contributed by atoms with E-state index in [1.807, 2.05) is 19.2 Å². The maximum atomic E-state index is 12.3. The Hall–Kier alpha value is -3.06. The zero-order valence-corrected chi connectivity index (χ0v) is 15.9. The van der Waals surface area contributed by atoms with Gasteiger partial charge in [0.1, 0.15) is 5.75 Å². The van der Waals surface area contributed by atoms with Crippen molar-refractivity contribution in [1.82, 2.24) is 14.9 Å². The lowest BCUT2D eigenvalue weighted by Gasteiger charge is -2.13. The van der Waals surface area contributed by atoms with Gasteiger partial charge in [-0.05, 0) is 43.5 Å². The highest BCUT2D eigenvalue weighted by atomic mass is 16.4. The van der Waals surface area contributed by atoms with Crippen molar-refractivity contribution in [1.29, 1.82) is 0 Å². The number of aromatic nitrogens is 2. The average molecular weight is 381 g/mol. The van der Waals surface area contributed by atoms with Crippen LogP contribution in [0.2, 0.25) is 0 Å². The molecule has 0 aliphatic heterocycles. The lowest BCUT2D eigenvalue weighted by molar-refractivity contribution is 0.0691. The fourth-order valence-corrected chi connectivity index (χ4v) is 4.19. The predicted octanol–water partition coefficient (Wildman–Crippen LogP) is 2.54. The largest absolute Gasteiger partial charge is 0.506 e. The van der Waals surface area contributed by atoms with E-state index in [-0.39, 0.29) is 0 Å². The summed E-state index contributed by atoms with van der Waals surface area (Å²) in [7, 11) is 2.04. The van der Waals surface area contributed by atoms with Gasteiger partial charge in [-0.3, -0.25) is 4.79 Å². The van der Waals surface area contributed by atoms with E-state index in [0.29, 0.717) is 17.7 Å². The van der Waals surface area contributed by atoms with Crippen LogP contribution in [-0.4, -0.2) is 32.3 Å². The van der Waals surface area contributed by atoms with Gasteiger partial charge in [0.2, 0.25) is 0 Å². The average Bonchev–Trinajstić information content (AvgIpc) is 2.85. The Morgan fingerprint density at radius 2 is 2.04 bits per heavy atom. The molecule has 2 heterocycles. The van der Waals surface area contributed by atoms with Crippen molar-refractivity contribution in [3.63, 3.8) is 0 Å². The highest BCUT2D eigenvalue weighted by Crippen LogP contribution is 2.39. The smallest absolute Gasteiger partial charge is 0.345 e. The molecule has 4 N–H and O–H groups in total. The van der Waals surface area contributed by atoms with E-state index in [4.69, 9.17) is 0 Å². The van der Waals surface area contributed by atoms with Gasteiger partial charge in [0.25, 0.3) is 5.56 Å². The molecule has 0 unspecified atom stereocenters. The van der Waals surface area contributed by atoms with Crippen molar-refractivity contribution in [3.8, 4) is 17.0 Å². The summed E-state index contributed by atoms with van der Waals surface area (Å²) in [6.07, 6.45) is 2.05. The Bertz CT molecular complexity index is 1160. The first kappa shape index (κ1) is 18.3. The van der Waals surface area contributed by atoms with Crippen molar-refractivity contribution in [3.05, 3.63) is 50.9 Å². The first-order valence-corrected chi connectivity index (χ1v) is 9.46. The number of carboxylic acids is 1. The summed E-state index contributed by atoms with van der Waals surface area (Å²) in [6, 6.07) is 6.14. The number of nitrogens with one attached hydrogen (secondary N) is 2. The van der Waals surface area contributed by atoms with Crippen LogP contribution in [0.1, 0.15) is 40.5 Å². The zero-order chi connectivity index (χ0) is 20.0. The van der Waals surface area contributed by atoms with Crippen LogP contribution in [-0.2, 0) is 26.4 Å². The molecule has 7 nitrogen and oxygen atoms in total. The van der Waals surface area contributed by atoms with Crippen molar-refractivity contribution in [2.75, 3.05) is 6.54 Å². The Morgan fingerprint density at radius 3 is 2.75 bits per heavy atom. The molecule has 2 aromatic heterocycles. The summed E-state index contributed by atoms with van der Waals surface area (Å²) in [5, 5.41) is 24.2. The van der Waals surface area contributed by atoms with Gasteiger partial charge in [-0.15, -0.1) is 0 Å². The summed E-state index contributed by atoms with van der Waals surface area (Å²) in [5.74, 6) is -1.84. The molecule has 0 saturated heterocycles. The van der Waals surface area contributed by atoms with Gasteiger partial charge in [-0.2, -0.15) is 0 Å². The second kappa shape index (κ2) is 6.83. The number of aromatic amines is 1. The van der Waals surface area contributed by atoms with Gasteiger partial charge in [0, 0.05) is 41.3 Å². The summed E-state index contributed by atoms with van der Waals surface area (Å²) in [5.41, 5.74) is 3.92. The van der Waals surface area contributed by atoms with E-state index in [1.165, 1.54) is 5.69 Å². The molecule has 0 saturated carbocycles. The fourth-order valence-electron chi connectivity index (χ4n) is 4.19. The Morgan fingerprint density at radius 1 is 1.29 bits per heavy atom. The topological polar surface area (TPSA) is 107 Å². The monoisotopic (exact) mass is 381 g/mol. The molecule has 1 aromatic carbocycles. The van der Waals surface area contributed by atoms with Crippen LogP contribution in [0.25, 0.3) is 22.2 Å². The third-order valence-corrected chi connectivity index (χ3v) is 5.62. The molecule has 0 atom stereocenters. The Kier molecular flexibility index (Phi) is 4.47. The second-order valence-electron chi connectivity index (χ2n) is 7.19. The molecule has 0 amide bonds. The minimum Gasteiger partial charge on any atom is -0.506 e. The normalized spacial score (nSPS) is 13.2. The first-order valence-electron chi connectivity index (χ1n) is 9.46. The molecule has 7 heteroatoms. The van der Waals surface area contributed by atoms with Crippen molar-refractivity contribution < 1.29 is 15.0 Å². The summed E-state index contributed by atoms with van der Waals surface area (Å²) in [6.45, 7) is 3.73. The number of carboxylic acid groups (broad SMARTS) is 1. The number of rotatable bonds is 4. The molecule has 146 valence electrons. The molecule has 0 bridgehead atoms. The van der Waals surface area contributed by atoms with Crippen molar-refractivity contribution in [2.45, 2.75) is 32.7 Å². The first-order chi connectivity index (χ1) is 13.4. The van der Waals surface area contributed by atoms with Crippen LogP contribution in [0.4, 0.5) is 0 Å². The van der Waals surface area contributed by atoms with Crippen LogP contribution >= 0.6 is 0 Å². The highest BCUT2D eigenvalue weighted by Gasteiger charge is 2.26. The molecule has 3 aromatic rings. The molecular weight excluding hydrogens is 358 g/mol. The second-order valence-corrected chi connectivity index (χ2v) is 7.19. The molecule has 0 spiro atoms. The lowest BCUT2D eigenvalue weighted by atomic mass is 9.97. The van der Waals surface area contributed by atoms with Gasteiger partial charge < -0.3 is 25.1 Å². The van der Waals surface area contributed by atoms with E-state index in [9.17, 15) is 19.8 Å². The van der Waals surface area contributed by atoms with Gasteiger partial charge >= 0.3 is 5.97 Å². The van der Waals surface area contributed by atoms with Crippen LogP contribution < -0.4 is 10.9 Å². The molecule has 0 fully saturated rings. The summed E-state index contributed by atoms with van der Waals surface area (Å²) >= 11 is 0. The Balaban J connectivity index is 1.97. The van der Waals surface area contributed by atoms with Crippen LogP contribution in [0.15, 0.2) is 23.0 Å². The lowest BCUT2D eigenvalue weighted by Crippen LogP contribution is -2.20. The third kappa shape index (κ3) is 2.70. The van der Waals surface area contributed by atoms with E-state index in [2.05, 4.69) is 27.9 Å². The number of pyridine rings is 1. The summed E-state index contributed by atoms with van der Waals surface area (Å²) in [4.78, 5) is 26.4. The quantitative estimate of drug-likeness (QED) is 0.556. The van der Waals surface area contributed by atoms with E-state index in [0.717, 1.165) is 48.0 Å². The number of benzene rings is 1. The number of H-pyrrole nitrogens is 1. The van der Waals surface area contributed by atoms with Crippen molar-refractivity contribution >= 4 is 16.9 Å². The third-order valence-electron chi connectivity index (χ3n) is 5.62. The minimum absolute atomic E-state index is 0.417. The SMILES string of the molecule is CCNCc1cc2c3c(ccc2n1C)-c1[nH]c(=O)c(C(=O)O)c(O)c1CCC3. The fraction of sp³-hybridized carbons (Fsp3) is 0.333. The van der Waals surface area contributed by atoms with E-state index >= 15 is 0 Å². The number of carbonyl (C=O) groups is 1. The molecule has 1 aliphatic rings. The van der Waals surface area contributed by atoms with Gasteiger partial charge in [-0.1, -0.05) is 13.0 Å². The van der Waals surface area contributed by atoms with Crippen molar-refractivity contribution in [2.24, 2.45) is 7.05 Å². The number of hydrogen-bond donors (Lipinski definition) is 4. The molecule has 4 rings (SSSR count). The van der Waals surface area contributed by atoms with E-state index in [1.54, 1.807) is 0 Å². The van der Waals surface area contributed by atoms with Gasteiger partial charge in [-0.25, -0.2) is 4.79 Å². The predicted molar refractivity (Wildman–Crippen MR) is 107 cm³/mol. The van der Waals surface area contributed by atoms with Crippen LogP contribution in [0.3, 0.4) is 0 Å². The minimum atomic E-state index is -1.42. The number of aromatic hydroxyl groups is 1.